The Kier molecular flexibility index (Phi) is 5.58. The van der Waals surface area contributed by atoms with Crippen LogP contribution in [-0.2, 0) is 10.8 Å². The van der Waals surface area contributed by atoms with Crippen molar-refractivity contribution < 1.29 is 4.21 Å². The second-order valence-corrected chi connectivity index (χ2v) is 5.35. The van der Waals surface area contributed by atoms with Gasteiger partial charge in [-0.3, -0.25) is 4.21 Å². The fourth-order valence-electron chi connectivity index (χ4n) is 1.43. The van der Waals surface area contributed by atoms with Gasteiger partial charge in [-0.1, -0.05) is 37.3 Å². The molecule has 0 fully saturated rings. The van der Waals surface area contributed by atoms with E-state index in [1.807, 2.05) is 6.07 Å². The van der Waals surface area contributed by atoms with Crippen LogP contribution in [0.3, 0.4) is 0 Å². The van der Waals surface area contributed by atoms with Crippen molar-refractivity contribution >= 4 is 10.8 Å². The zero-order valence-corrected chi connectivity index (χ0v) is 10.2. The van der Waals surface area contributed by atoms with E-state index in [2.05, 4.69) is 36.5 Å². The van der Waals surface area contributed by atoms with Crippen LogP contribution in [0.2, 0.25) is 0 Å². The van der Waals surface area contributed by atoms with Gasteiger partial charge in [0.05, 0.1) is 0 Å². The van der Waals surface area contributed by atoms with Gasteiger partial charge in [0.25, 0.3) is 0 Å². The van der Waals surface area contributed by atoms with E-state index in [0.717, 1.165) is 18.8 Å². The lowest BCUT2D eigenvalue weighted by atomic mass is 10.0. The topological polar surface area (TPSA) is 29.1 Å². The maximum absolute atomic E-state index is 10.8. The van der Waals surface area contributed by atoms with E-state index < -0.39 is 10.8 Å². The Balaban J connectivity index is 2.25. The normalized spacial score (nSPS) is 14.8. The summed E-state index contributed by atoms with van der Waals surface area (Å²) in [6.45, 7) is 3.98. The molecule has 0 amide bonds. The quantitative estimate of drug-likeness (QED) is 0.747. The molecule has 0 aliphatic carbocycles. The third kappa shape index (κ3) is 5.09. The van der Waals surface area contributed by atoms with Gasteiger partial charge in [-0.25, -0.2) is 0 Å². The minimum absolute atomic E-state index is 0.511. The molecule has 1 aromatic carbocycles. The molecular formula is C12H19NOS. The predicted molar refractivity (Wildman–Crippen MR) is 66.7 cm³/mol. The first-order valence-electron chi connectivity index (χ1n) is 5.26. The summed E-state index contributed by atoms with van der Waals surface area (Å²) in [5.74, 6) is 1.25. The summed E-state index contributed by atoms with van der Waals surface area (Å²) in [5.41, 5.74) is 1.35. The molecule has 2 atom stereocenters. The molecule has 0 saturated heterocycles. The number of hydrogen-bond donors (Lipinski definition) is 1. The van der Waals surface area contributed by atoms with Crippen LogP contribution >= 0.6 is 0 Å². The van der Waals surface area contributed by atoms with Crippen LogP contribution in [0.1, 0.15) is 18.4 Å². The number of rotatable bonds is 6. The molecule has 84 valence electrons. The van der Waals surface area contributed by atoms with Crippen LogP contribution in [0.25, 0.3) is 0 Å². The van der Waals surface area contributed by atoms with Gasteiger partial charge >= 0.3 is 0 Å². The summed E-state index contributed by atoms with van der Waals surface area (Å²) < 4.78 is 10.8. The average molecular weight is 225 g/mol. The van der Waals surface area contributed by atoms with Crippen LogP contribution in [0.4, 0.5) is 0 Å². The van der Waals surface area contributed by atoms with Gasteiger partial charge in [0.1, 0.15) is 0 Å². The van der Waals surface area contributed by atoms with E-state index in [0.29, 0.717) is 5.92 Å². The Morgan fingerprint density at radius 3 is 2.60 bits per heavy atom. The molecule has 15 heavy (non-hydrogen) atoms. The number of benzene rings is 1. The molecule has 1 aromatic rings. The van der Waals surface area contributed by atoms with Crippen molar-refractivity contribution in [3.63, 3.8) is 0 Å². The van der Waals surface area contributed by atoms with Crippen LogP contribution < -0.4 is 5.32 Å². The number of nitrogens with one attached hydrogen (secondary N) is 1. The SMILES string of the molecule is CC(CNCCS(C)=O)c1ccccc1. The first-order chi connectivity index (χ1) is 7.20. The van der Waals surface area contributed by atoms with Crippen LogP contribution in [-0.4, -0.2) is 29.3 Å². The molecule has 0 aromatic heterocycles. The molecule has 0 radical (unpaired) electrons. The highest BCUT2D eigenvalue weighted by molar-refractivity contribution is 7.84. The zero-order valence-electron chi connectivity index (χ0n) is 9.40. The lowest BCUT2D eigenvalue weighted by Crippen LogP contribution is -2.24. The van der Waals surface area contributed by atoms with E-state index in [-0.39, 0.29) is 0 Å². The minimum Gasteiger partial charge on any atom is -0.315 e. The third-order valence-electron chi connectivity index (χ3n) is 2.39. The van der Waals surface area contributed by atoms with E-state index in [1.165, 1.54) is 5.56 Å². The second kappa shape index (κ2) is 6.75. The largest absolute Gasteiger partial charge is 0.315 e. The summed E-state index contributed by atoms with van der Waals surface area (Å²) in [6, 6.07) is 10.4. The van der Waals surface area contributed by atoms with E-state index in [9.17, 15) is 4.21 Å². The van der Waals surface area contributed by atoms with E-state index >= 15 is 0 Å². The lowest BCUT2D eigenvalue weighted by molar-refractivity contribution is 0.631. The zero-order chi connectivity index (χ0) is 11.1. The van der Waals surface area contributed by atoms with Gasteiger partial charge in [0, 0.05) is 35.9 Å². The van der Waals surface area contributed by atoms with Crippen molar-refractivity contribution in [1.82, 2.24) is 5.32 Å². The molecule has 0 saturated carbocycles. The summed E-state index contributed by atoms with van der Waals surface area (Å²) in [6.07, 6.45) is 1.74. The van der Waals surface area contributed by atoms with Gasteiger partial charge in [-0.05, 0) is 11.5 Å². The highest BCUT2D eigenvalue weighted by Crippen LogP contribution is 2.12. The molecule has 0 aliphatic rings. The predicted octanol–water partition coefficient (Wildman–Crippen LogP) is 1.76. The van der Waals surface area contributed by atoms with Crippen molar-refractivity contribution in [3.8, 4) is 0 Å². The minimum atomic E-state index is -0.687. The molecule has 0 heterocycles. The summed E-state index contributed by atoms with van der Waals surface area (Å²) in [7, 11) is -0.687. The Hall–Kier alpha value is -0.670. The van der Waals surface area contributed by atoms with Gasteiger partial charge in [0.15, 0.2) is 0 Å². The summed E-state index contributed by atoms with van der Waals surface area (Å²) in [5, 5.41) is 3.32. The monoisotopic (exact) mass is 225 g/mol. The van der Waals surface area contributed by atoms with Gasteiger partial charge in [-0.15, -0.1) is 0 Å². The van der Waals surface area contributed by atoms with Crippen molar-refractivity contribution in [2.75, 3.05) is 25.1 Å². The van der Waals surface area contributed by atoms with Gasteiger partial charge < -0.3 is 5.32 Å². The van der Waals surface area contributed by atoms with E-state index in [1.54, 1.807) is 6.26 Å². The van der Waals surface area contributed by atoms with Gasteiger partial charge in [0.2, 0.25) is 0 Å². The van der Waals surface area contributed by atoms with Crippen molar-refractivity contribution in [2.45, 2.75) is 12.8 Å². The summed E-state index contributed by atoms with van der Waals surface area (Å²) >= 11 is 0. The van der Waals surface area contributed by atoms with Crippen molar-refractivity contribution in [3.05, 3.63) is 35.9 Å². The van der Waals surface area contributed by atoms with Crippen LogP contribution in [0.5, 0.6) is 0 Å². The lowest BCUT2D eigenvalue weighted by Gasteiger charge is -2.12. The highest BCUT2D eigenvalue weighted by atomic mass is 32.2. The van der Waals surface area contributed by atoms with Crippen molar-refractivity contribution in [1.29, 1.82) is 0 Å². The highest BCUT2D eigenvalue weighted by Gasteiger charge is 2.03. The van der Waals surface area contributed by atoms with Crippen molar-refractivity contribution in [2.24, 2.45) is 0 Å². The maximum Gasteiger partial charge on any atom is 0.0357 e. The first-order valence-corrected chi connectivity index (χ1v) is 6.98. The van der Waals surface area contributed by atoms with E-state index in [4.69, 9.17) is 0 Å². The molecule has 1 rings (SSSR count). The average Bonchev–Trinajstić information content (AvgIpc) is 2.25. The fraction of sp³-hybridized carbons (Fsp3) is 0.500. The molecule has 2 nitrogen and oxygen atoms in total. The Bertz CT molecular complexity index is 300. The Labute approximate surface area is 94.5 Å². The molecule has 0 aliphatic heterocycles. The molecule has 0 spiro atoms. The standard InChI is InChI=1S/C12H19NOS/c1-11(10-13-8-9-15(2)14)12-6-4-3-5-7-12/h3-7,11,13H,8-10H2,1-2H3. The van der Waals surface area contributed by atoms with Gasteiger partial charge in [-0.2, -0.15) is 0 Å². The second-order valence-electron chi connectivity index (χ2n) is 3.79. The van der Waals surface area contributed by atoms with Crippen LogP contribution in [0, 0.1) is 0 Å². The Morgan fingerprint density at radius 2 is 2.00 bits per heavy atom. The van der Waals surface area contributed by atoms with Crippen LogP contribution in [0.15, 0.2) is 30.3 Å². The first kappa shape index (κ1) is 12.4. The molecule has 3 heteroatoms. The molecule has 0 bridgehead atoms. The Morgan fingerprint density at radius 1 is 1.33 bits per heavy atom. The smallest absolute Gasteiger partial charge is 0.0357 e. The maximum atomic E-state index is 10.8. The third-order valence-corrected chi connectivity index (χ3v) is 3.16. The fourth-order valence-corrected chi connectivity index (χ4v) is 1.87. The molecule has 2 unspecified atom stereocenters. The number of hydrogen-bond acceptors (Lipinski definition) is 2. The summed E-state index contributed by atoms with van der Waals surface area (Å²) in [4.78, 5) is 0. The molecule has 1 N–H and O–H groups in total. The molecular weight excluding hydrogens is 206 g/mol.